The molecule has 0 radical (unpaired) electrons. The summed E-state index contributed by atoms with van der Waals surface area (Å²) in [5, 5.41) is 8.66. The highest BCUT2D eigenvalue weighted by atomic mass is 19.1. The molecule has 2 amide bonds. The van der Waals surface area contributed by atoms with Crippen LogP contribution in [-0.4, -0.2) is 51.5 Å². The van der Waals surface area contributed by atoms with Crippen molar-refractivity contribution in [1.29, 1.82) is 0 Å². The monoisotopic (exact) mass is 409 g/mol. The van der Waals surface area contributed by atoms with Crippen molar-refractivity contribution in [2.45, 2.75) is 6.42 Å². The highest BCUT2D eigenvalue weighted by molar-refractivity contribution is 5.91. The molecule has 154 valence electrons. The van der Waals surface area contributed by atoms with Gasteiger partial charge in [0.2, 0.25) is 11.7 Å². The second kappa shape index (κ2) is 8.32. The standard InChI is InChI=1S/C21H20FN5O3/c22-17-4-2-1-3-16(17)14-7-5-13(6-8-14)11-15-12-27(10-9-23-19(15)28)20(29)18-24-21(30)26-25-18/h1-8,15H,9-12H2,(H,23,28)(H2,24,25,26,30)/t15-/m1/s1. The fourth-order valence-electron chi connectivity index (χ4n) is 3.56. The molecule has 0 saturated carbocycles. The van der Waals surface area contributed by atoms with Crippen LogP contribution < -0.4 is 11.0 Å². The summed E-state index contributed by atoms with van der Waals surface area (Å²) in [6.07, 6.45) is 0.421. The Bertz CT molecular complexity index is 1120. The smallest absolute Gasteiger partial charge is 0.341 e. The number of halogens is 1. The maximum absolute atomic E-state index is 14.0. The van der Waals surface area contributed by atoms with Crippen molar-refractivity contribution in [3.8, 4) is 11.1 Å². The van der Waals surface area contributed by atoms with Gasteiger partial charge in [-0.05, 0) is 23.6 Å². The number of H-pyrrole nitrogens is 2. The largest absolute Gasteiger partial charge is 0.354 e. The quantitative estimate of drug-likeness (QED) is 0.604. The highest BCUT2D eigenvalue weighted by Gasteiger charge is 2.29. The average Bonchev–Trinajstić information content (AvgIpc) is 3.10. The first-order valence-electron chi connectivity index (χ1n) is 9.57. The summed E-state index contributed by atoms with van der Waals surface area (Å²) in [5.74, 6) is -1.41. The number of benzene rings is 2. The third-order valence-electron chi connectivity index (χ3n) is 5.10. The van der Waals surface area contributed by atoms with Gasteiger partial charge >= 0.3 is 5.69 Å². The lowest BCUT2D eigenvalue weighted by Gasteiger charge is -2.22. The van der Waals surface area contributed by atoms with Crippen molar-refractivity contribution >= 4 is 11.8 Å². The molecule has 0 aliphatic carbocycles. The number of nitrogens with zero attached hydrogens (tertiary/aromatic N) is 2. The predicted octanol–water partition coefficient (Wildman–Crippen LogP) is 1.34. The van der Waals surface area contributed by atoms with Crippen LogP contribution in [0.5, 0.6) is 0 Å². The van der Waals surface area contributed by atoms with Crippen molar-refractivity contribution in [2.75, 3.05) is 19.6 Å². The van der Waals surface area contributed by atoms with Crippen LogP contribution >= 0.6 is 0 Å². The van der Waals surface area contributed by atoms with Gasteiger partial charge in [-0.1, -0.05) is 42.5 Å². The summed E-state index contributed by atoms with van der Waals surface area (Å²) in [6, 6.07) is 13.9. The number of amides is 2. The number of hydrogen-bond donors (Lipinski definition) is 3. The predicted molar refractivity (Wildman–Crippen MR) is 107 cm³/mol. The van der Waals surface area contributed by atoms with Gasteiger partial charge < -0.3 is 10.2 Å². The lowest BCUT2D eigenvalue weighted by molar-refractivity contribution is -0.124. The summed E-state index contributed by atoms with van der Waals surface area (Å²) >= 11 is 0. The normalized spacial score (nSPS) is 16.8. The highest BCUT2D eigenvalue weighted by Crippen LogP contribution is 2.24. The van der Waals surface area contributed by atoms with E-state index in [9.17, 15) is 18.8 Å². The van der Waals surface area contributed by atoms with Crippen molar-refractivity contribution in [1.82, 2.24) is 25.4 Å². The molecule has 1 aromatic heterocycles. The summed E-state index contributed by atoms with van der Waals surface area (Å²) in [7, 11) is 0. The fraction of sp³-hybridized carbons (Fsp3) is 0.238. The first-order valence-corrected chi connectivity index (χ1v) is 9.57. The van der Waals surface area contributed by atoms with Crippen LogP contribution in [0.1, 0.15) is 16.2 Å². The molecule has 1 saturated heterocycles. The SMILES string of the molecule is O=C1NCCN(C(=O)c2n[nH]c(=O)[nH]2)C[C@H]1Cc1ccc(-c2ccccc2F)cc1. The molecular formula is C21H20FN5O3. The zero-order valence-electron chi connectivity index (χ0n) is 16.0. The third-order valence-corrected chi connectivity index (χ3v) is 5.10. The lowest BCUT2D eigenvalue weighted by Crippen LogP contribution is -2.38. The summed E-state index contributed by atoms with van der Waals surface area (Å²) in [6.45, 7) is 0.846. The van der Waals surface area contributed by atoms with Gasteiger partial charge in [0.25, 0.3) is 5.91 Å². The third kappa shape index (κ3) is 4.14. The van der Waals surface area contributed by atoms with Crippen LogP contribution in [0, 0.1) is 11.7 Å². The van der Waals surface area contributed by atoms with Crippen LogP contribution in [0.2, 0.25) is 0 Å². The molecule has 1 atom stereocenters. The summed E-state index contributed by atoms with van der Waals surface area (Å²) in [4.78, 5) is 40.2. The Balaban J connectivity index is 1.49. The Morgan fingerprint density at radius 2 is 1.90 bits per heavy atom. The topological polar surface area (TPSA) is 111 Å². The van der Waals surface area contributed by atoms with E-state index in [0.717, 1.165) is 11.1 Å². The van der Waals surface area contributed by atoms with E-state index < -0.39 is 17.5 Å². The van der Waals surface area contributed by atoms with Crippen molar-refractivity contribution in [3.63, 3.8) is 0 Å². The number of nitrogens with one attached hydrogen (secondary N) is 3. The number of rotatable bonds is 4. The lowest BCUT2D eigenvalue weighted by atomic mass is 9.96. The Labute approximate surface area is 171 Å². The van der Waals surface area contributed by atoms with Crippen LogP contribution in [-0.2, 0) is 11.2 Å². The molecule has 2 aromatic carbocycles. The van der Waals surface area contributed by atoms with E-state index in [1.54, 1.807) is 18.2 Å². The molecule has 1 fully saturated rings. The van der Waals surface area contributed by atoms with E-state index in [1.165, 1.54) is 11.0 Å². The zero-order valence-corrected chi connectivity index (χ0v) is 16.0. The molecule has 3 aromatic rings. The van der Waals surface area contributed by atoms with Gasteiger partial charge in [-0.25, -0.2) is 14.3 Å². The molecule has 2 heterocycles. The van der Waals surface area contributed by atoms with Crippen LogP contribution in [0.3, 0.4) is 0 Å². The van der Waals surface area contributed by atoms with E-state index >= 15 is 0 Å². The van der Waals surface area contributed by atoms with Gasteiger partial charge in [-0.3, -0.25) is 14.6 Å². The molecule has 0 unspecified atom stereocenters. The Hall–Kier alpha value is -3.75. The molecule has 1 aliphatic rings. The first-order chi connectivity index (χ1) is 14.5. The van der Waals surface area contributed by atoms with Gasteiger partial charge in [0.05, 0.1) is 5.92 Å². The molecule has 1 aliphatic heterocycles. The van der Waals surface area contributed by atoms with Gasteiger partial charge in [0, 0.05) is 25.2 Å². The summed E-state index contributed by atoms with van der Waals surface area (Å²) < 4.78 is 14.0. The second-order valence-corrected chi connectivity index (χ2v) is 7.15. The van der Waals surface area contributed by atoms with E-state index in [0.29, 0.717) is 25.1 Å². The molecule has 3 N–H and O–H groups in total. The van der Waals surface area contributed by atoms with E-state index in [4.69, 9.17) is 0 Å². The summed E-state index contributed by atoms with van der Waals surface area (Å²) in [5.41, 5.74) is 1.61. The van der Waals surface area contributed by atoms with Gasteiger partial charge in [-0.15, -0.1) is 5.10 Å². The van der Waals surface area contributed by atoms with E-state index in [2.05, 4.69) is 20.5 Å². The Morgan fingerprint density at radius 1 is 1.13 bits per heavy atom. The Morgan fingerprint density at radius 3 is 2.60 bits per heavy atom. The zero-order chi connectivity index (χ0) is 21.1. The van der Waals surface area contributed by atoms with Crippen molar-refractivity contribution < 1.29 is 14.0 Å². The maximum Gasteiger partial charge on any atom is 0.341 e. The minimum atomic E-state index is -0.561. The molecule has 8 nitrogen and oxygen atoms in total. The van der Waals surface area contributed by atoms with E-state index in [-0.39, 0.29) is 24.1 Å². The fourth-order valence-corrected chi connectivity index (χ4v) is 3.56. The molecule has 9 heteroatoms. The minimum absolute atomic E-state index is 0.0812. The molecule has 30 heavy (non-hydrogen) atoms. The maximum atomic E-state index is 14.0. The average molecular weight is 409 g/mol. The van der Waals surface area contributed by atoms with Gasteiger partial charge in [0.15, 0.2) is 0 Å². The molecular weight excluding hydrogens is 389 g/mol. The van der Waals surface area contributed by atoms with Crippen molar-refractivity contribution in [3.05, 3.63) is 76.2 Å². The second-order valence-electron chi connectivity index (χ2n) is 7.15. The molecule has 0 bridgehead atoms. The molecule has 4 rings (SSSR count). The van der Waals surface area contributed by atoms with Gasteiger partial charge in [-0.2, -0.15) is 0 Å². The van der Waals surface area contributed by atoms with E-state index in [1.807, 2.05) is 24.3 Å². The number of aromatic nitrogens is 3. The first kappa shape index (κ1) is 19.6. The van der Waals surface area contributed by atoms with Crippen LogP contribution in [0.15, 0.2) is 53.3 Å². The van der Waals surface area contributed by atoms with Crippen LogP contribution in [0.4, 0.5) is 4.39 Å². The number of carbonyl (C=O) groups is 2. The number of aromatic amines is 2. The number of carbonyl (C=O) groups excluding carboxylic acids is 2. The molecule has 0 spiro atoms. The van der Waals surface area contributed by atoms with Crippen LogP contribution in [0.25, 0.3) is 11.1 Å². The number of hydrogen-bond acceptors (Lipinski definition) is 4. The Kier molecular flexibility index (Phi) is 5.42. The van der Waals surface area contributed by atoms with Crippen molar-refractivity contribution in [2.24, 2.45) is 5.92 Å². The minimum Gasteiger partial charge on any atom is -0.354 e. The van der Waals surface area contributed by atoms with Gasteiger partial charge in [0.1, 0.15) is 5.82 Å².